The van der Waals surface area contributed by atoms with Crippen molar-refractivity contribution >= 4 is 12.6 Å². The van der Waals surface area contributed by atoms with E-state index in [1.54, 1.807) is 0 Å². The largest absolute Gasteiger partial charge is 0.573 e. The molecule has 0 fully saturated rings. The molecule has 1 aromatic rings. The predicted molar refractivity (Wildman–Crippen MR) is 47.6 cm³/mol. The maximum Gasteiger partial charge on any atom is 0.573 e. The van der Waals surface area contributed by atoms with Crippen molar-refractivity contribution < 1.29 is 32.3 Å². The number of halogens is 4. The van der Waals surface area contributed by atoms with Crippen LogP contribution in [0.1, 0.15) is 5.56 Å². The van der Waals surface area contributed by atoms with Gasteiger partial charge in [-0.2, -0.15) is 0 Å². The van der Waals surface area contributed by atoms with Crippen LogP contribution < -0.4 is 10.2 Å². The smallest absolute Gasteiger partial charge is 0.423 e. The van der Waals surface area contributed by atoms with Gasteiger partial charge in [0.25, 0.3) is 0 Å². The normalized spacial score (nSPS) is 11.4. The van der Waals surface area contributed by atoms with E-state index >= 15 is 0 Å². The molecule has 0 bridgehead atoms. The summed E-state index contributed by atoms with van der Waals surface area (Å²) in [5.41, 5.74) is -0.524. The van der Waals surface area contributed by atoms with E-state index in [2.05, 4.69) is 4.74 Å². The molecule has 0 saturated heterocycles. The molecule has 0 aliphatic carbocycles. The van der Waals surface area contributed by atoms with Gasteiger partial charge < -0.3 is 14.8 Å². The van der Waals surface area contributed by atoms with E-state index in [9.17, 15) is 17.6 Å². The molecule has 8 heteroatoms. The van der Waals surface area contributed by atoms with Crippen LogP contribution in [0.4, 0.5) is 17.6 Å². The summed E-state index contributed by atoms with van der Waals surface area (Å²) < 4.78 is 52.2. The fourth-order valence-corrected chi connectivity index (χ4v) is 1.16. The fraction of sp³-hybridized carbons (Fsp3) is 0.250. The number of alkyl halides is 3. The molecule has 3 nitrogen and oxygen atoms in total. The molecule has 0 unspecified atom stereocenters. The highest BCUT2D eigenvalue weighted by atomic mass is 19.4. The molecule has 0 atom stereocenters. The maximum absolute atomic E-state index is 13.3. The van der Waals surface area contributed by atoms with E-state index in [1.807, 2.05) is 0 Å². The molecule has 0 heterocycles. The molecule has 16 heavy (non-hydrogen) atoms. The van der Waals surface area contributed by atoms with Crippen LogP contribution in [-0.4, -0.2) is 23.5 Å². The third-order valence-electron chi connectivity index (χ3n) is 1.90. The molecule has 1 aromatic carbocycles. The van der Waals surface area contributed by atoms with E-state index < -0.39 is 25.0 Å². The third kappa shape index (κ3) is 2.86. The monoisotopic (exact) mass is 238 g/mol. The van der Waals surface area contributed by atoms with Crippen molar-refractivity contribution in [2.75, 3.05) is 0 Å². The van der Waals surface area contributed by atoms with Crippen LogP contribution in [0.3, 0.4) is 0 Å². The van der Waals surface area contributed by atoms with Gasteiger partial charge >= 0.3 is 13.5 Å². The lowest BCUT2D eigenvalue weighted by Gasteiger charge is -2.12. The molecule has 0 radical (unpaired) electrons. The Morgan fingerprint density at radius 1 is 1.25 bits per heavy atom. The highest BCUT2D eigenvalue weighted by Crippen LogP contribution is 2.26. The summed E-state index contributed by atoms with van der Waals surface area (Å²) in [6.07, 6.45) is -4.99. The van der Waals surface area contributed by atoms with Gasteiger partial charge in [0.15, 0.2) is 11.6 Å². The molecule has 0 aliphatic rings. The number of hydrogen-bond acceptors (Lipinski definition) is 3. The first-order valence-electron chi connectivity index (χ1n) is 4.13. The third-order valence-corrected chi connectivity index (χ3v) is 1.90. The Kier molecular flexibility index (Phi) is 3.44. The summed E-state index contributed by atoms with van der Waals surface area (Å²) in [4.78, 5) is 0. The minimum Gasteiger partial charge on any atom is -0.423 e. The molecule has 88 valence electrons. The standard InChI is InChI=1S/C8H7BF4O3/c1-4-5(9(14)15)2-3-6(7(4)10)16-8(11,12)13/h2-3,14-15H,1H3. The lowest BCUT2D eigenvalue weighted by Crippen LogP contribution is -2.33. The Balaban J connectivity index is 3.12. The van der Waals surface area contributed by atoms with Crippen LogP contribution in [-0.2, 0) is 0 Å². The first kappa shape index (κ1) is 12.8. The zero-order valence-electron chi connectivity index (χ0n) is 8.05. The number of rotatable bonds is 2. The summed E-state index contributed by atoms with van der Waals surface area (Å²) in [6, 6.07) is 1.63. The van der Waals surface area contributed by atoms with Gasteiger partial charge in [0.1, 0.15) is 0 Å². The fourth-order valence-electron chi connectivity index (χ4n) is 1.16. The minimum atomic E-state index is -4.99. The van der Waals surface area contributed by atoms with Crippen LogP contribution in [0.15, 0.2) is 12.1 Å². The van der Waals surface area contributed by atoms with Crippen molar-refractivity contribution in [3.8, 4) is 5.75 Å². The molecule has 0 aliphatic heterocycles. The second-order valence-electron chi connectivity index (χ2n) is 3.01. The summed E-state index contributed by atoms with van der Waals surface area (Å²) in [5.74, 6) is -2.28. The van der Waals surface area contributed by atoms with Gasteiger partial charge in [0, 0.05) is 0 Å². The van der Waals surface area contributed by atoms with Crippen LogP contribution >= 0.6 is 0 Å². The first-order valence-corrected chi connectivity index (χ1v) is 4.13. The number of benzene rings is 1. The average Bonchev–Trinajstić information content (AvgIpc) is 2.10. The van der Waals surface area contributed by atoms with Gasteiger partial charge in [-0.1, -0.05) is 6.07 Å². The van der Waals surface area contributed by atoms with E-state index in [4.69, 9.17) is 10.0 Å². The zero-order chi connectivity index (χ0) is 12.5. The van der Waals surface area contributed by atoms with Crippen molar-refractivity contribution in [2.45, 2.75) is 13.3 Å². The van der Waals surface area contributed by atoms with Gasteiger partial charge in [0.2, 0.25) is 0 Å². The summed E-state index contributed by atoms with van der Waals surface area (Å²) in [6.45, 7) is 1.12. The van der Waals surface area contributed by atoms with E-state index in [-0.39, 0.29) is 11.0 Å². The second-order valence-corrected chi connectivity index (χ2v) is 3.01. The quantitative estimate of drug-likeness (QED) is 0.589. The highest BCUT2D eigenvalue weighted by Gasteiger charge is 2.33. The van der Waals surface area contributed by atoms with E-state index in [1.165, 1.54) is 0 Å². The number of ether oxygens (including phenoxy) is 1. The molecular weight excluding hydrogens is 231 g/mol. The van der Waals surface area contributed by atoms with Crippen LogP contribution in [0, 0.1) is 12.7 Å². The summed E-state index contributed by atoms with van der Waals surface area (Å²) in [7, 11) is -1.95. The molecule has 0 amide bonds. The molecule has 1 rings (SSSR count). The topological polar surface area (TPSA) is 49.7 Å². The van der Waals surface area contributed by atoms with Crippen molar-refractivity contribution in [1.29, 1.82) is 0 Å². The molecule has 2 N–H and O–H groups in total. The zero-order valence-corrected chi connectivity index (χ0v) is 8.05. The van der Waals surface area contributed by atoms with Crippen LogP contribution in [0.5, 0.6) is 5.75 Å². The van der Waals surface area contributed by atoms with Crippen LogP contribution in [0.2, 0.25) is 0 Å². The SMILES string of the molecule is Cc1c(B(O)O)ccc(OC(F)(F)F)c1F. The Labute approximate surface area is 88.4 Å². The maximum atomic E-state index is 13.3. The summed E-state index contributed by atoms with van der Waals surface area (Å²) >= 11 is 0. The summed E-state index contributed by atoms with van der Waals surface area (Å²) in [5, 5.41) is 17.6. The van der Waals surface area contributed by atoms with Gasteiger partial charge in [-0.15, -0.1) is 13.2 Å². The minimum absolute atomic E-state index is 0.216. The molecule has 0 aromatic heterocycles. The predicted octanol–water partition coefficient (Wildman–Crippen LogP) is 0.713. The van der Waals surface area contributed by atoms with Gasteiger partial charge in [0.05, 0.1) is 0 Å². The Morgan fingerprint density at radius 2 is 1.81 bits per heavy atom. The lowest BCUT2D eigenvalue weighted by molar-refractivity contribution is -0.275. The Morgan fingerprint density at radius 3 is 2.25 bits per heavy atom. The van der Waals surface area contributed by atoms with Crippen molar-refractivity contribution in [3.63, 3.8) is 0 Å². The van der Waals surface area contributed by atoms with E-state index in [0.717, 1.165) is 13.0 Å². The van der Waals surface area contributed by atoms with E-state index in [0.29, 0.717) is 6.07 Å². The first-order chi connectivity index (χ1) is 7.22. The van der Waals surface area contributed by atoms with Crippen molar-refractivity contribution in [1.82, 2.24) is 0 Å². The molecule has 0 spiro atoms. The second kappa shape index (κ2) is 4.30. The van der Waals surface area contributed by atoms with Crippen molar-refractivity contribution in [2.24, 2.45) is 0 Å². The van der Waals surface area contributed by atoms with Crippen molar-refractivity contribution in [3.05, 3.63) is 23.5 Å². The van der Waals surface area contributed by atoms with Gasteiger partial charge in [-0.3, -0.25) is 0 Å². The lowest BCUT2D eigenvalue weighted by atomic mass is 9.77. The van der Waals surface area contributed by atoms with Gasteiger partial charge in [-0.05, 0) is 24.0 Å². The molecular formula is C8H7BF4O3. The van der Waals surface area contributed by atoms with Gasteiger partial charge in [-0.25, -0.2) is 4.39 Å². The van der Waals surface area contributed by atoms with Crippen LogP contribution in [0.25, 0.3) is 0 Å². The highest BCUT2D eigenvalue weighted by molar-refractivity contribution is 6.59. The molecule has 0 saturated carbocycles. The Hall–Kier alpha value is -1.28. The average molecular weight is 238 g/mol. The number of hydrogen-bond donors (Lipinski definition) is 2. The Bertz CT molecular complexity index is 392.